The molecular weight excluding hydrogens is 296 g/mol. The molecule has 0 amide bonds. The average molecular weight is 323 g/mol. The summed E-state index contributed by atoms with van der Waals surface area (Å²) in [5.41, 5.74) is 0.634. The van der Waals surface area contributed by atoms with Crippen molar-refractivity contribution < 1.29 is 4.73 Å². The summed E-state index contributed by atoms with van der Waals surface area (Å²) in [5, 5.41) is 12.9. The third-order valence-electron chi connectivity index (χ3n) is 3.54. The largest absolute Gasteiger partial charge is 0.710 e. The number of rotatable bonds is 9. The summed E-state index contributed by atoms with van der Waals surface area (Å²) < 4.78 is 0.983. The SMILES string of the molecule is C/C=C/CCCN(CCC/C=C/C)c1cc(Cl)cc(C)[n+]1[O-]. The van der Waals surface area contributed by atoms with Crippen LogP contribution in [0.1, 0.15) is 45.2 Å². The first-order chi connectivity index (χ1) is 10.6. The Bertz CT molecular complexity index is 494. The Morgan fingerprint density at radius 2 is 1.64 bits per heavy atom. The van der Waals surface area contributed by atoms with E-state index in [2.05, 4.69) is 29.2 Å². The zero-order valence-electron chi connectivity index (χ0n) is 13.9. The minimum absolute atomic E-state index is 0.617. The number of hydrogen-bond acceptors (Lipinski definition) is 2. The summed E-state index contributed by atoms with van der Waals surface area (Å²) in [4.78, 5) is 2.15. The van der Waals surface area contributed by atoms with Gasteiger partial charge in [-0.2, -0.15) is 0 Å². The standard InChI is InChI=1S/C18H27ClN2O/c1-4-6-8-10-12-20(13-11-9-7-5-2)18-15-17(19)14-16(3)21(18)22/h4-7,14-15H,8-13H2,1-3H3/b6-4+,7-5+. The summed E-state index contributed by atoms with van der Waals surface area (Å²) in [6.07, 6.45) is 12.6. The summed E-state index contributed by atoms with van der Waals surface area (Å²) in [6, 6.07) is 3.47. The lowest BCUT2D eigenvalue weighted by Gasteiger charge is -2.22. The summed E-state index contributed by atoms with van der Waals surface area (Å²) >= 11 is 6.13. The van der Waals surface area contributed by atoms with Crippen molar-refractivity contribution >= 4 is 17.4 Å². The lowest BCUT2D eigenvalue weighted by molar-refractivity contribution is -0.599. The molecule has 0 aromatic carbocycles. The predicted molar refractivity (Wildman–Crippen MR) is 95.5 cm³/mol. The van der Waals surface area contributed by atoms with Crippen LogP contribution in [-0.2, 0) is 0 Å². The van der Waals surface area contributed by atoms with Crippen molar-refractivity contribution in [1.29, 1.82) is 0 Å². The Morgan fingerprint density at radius 3 is 2.14 bits per heavy atom. The highest BCUT2D eigenvalue weighted by Crippen LogP contribution is 2.18. The highest BCUT2D eigenvalue weighted by molar-refractivity contribution is 6.30. The first kappa shape index (κ1) is 18.6. The van der Waals surface area contributed by atoms with Crippen LogP contribution in [0.5, 0.6) is 0 Å². The van der Waals surface area contributed by atoms with Gasteiger partial charge in [-0.15, -0.1) is 0 Å². The third-order valence-corrected chi connectivity index (χ3v) is 3.75. The van der Waals surface area contributed by atoms with Gasteiger partial charge in [-0.05, 0) is 52.5 Å². The average Bonchev–Trinajstić information content (AvgIpc) is 2.49. The number of halogens is 1. The molecule has 0 bridgehead atoms. The number of hydrogen-bond donors (Lipinski definition) is 0. The molecule has 0 saturated heterocycles. The van der Waals surface area contributed by atoms with E-state index in [4.69, 9.17) is 11.6 Å². The predicted octanol–water partition coefficient (Wildman–Crippen LogP) is 4.80. The molecule has 1 aromatic heterocycles. The number of nitrogens with zero attached hydrogens (tertiary/aromatic N) is 2. The van der Waals surface area contributed by atoms with Crippen LogP contribution in [0.4, 0.5) is 5.82 Å². The molecule has 3 nitrogen and oxygen atoms in total. The van der Waals surface area contributed by atoms with E-state index in [-0.39, 0.29) is 0 Å². The van der Waals surface area contributed by atoms with Gasteiger partial charge in [0.05, 0.1) is 18.1 Å². The molecule has 0 unspecified atom stereocenters. The first-order valence-corrected chi connectivity index (χ1v) is 8.35. The molecule has 0 spiro atoms. The van der Waals surface area contributed by atoms with Crippen LogP contribution >= 0.6 is 11.6 Å². The van der Waals surface area contributed by atoms with Gasteiger partial charge in [0.2, 0.25) is 0 Å². The highest BCUT2D eigenvalue weighted by atomic mass is 35.5. The van der Waals surface area contributed by atoms with Crippen molar-refractivity contribution in [3.63, 3.8) is 0 Å². The van der Waals surface area contributed by atoms with Gasteiger partial charge in [0, 0.05) is 6.07 Å². The summed E-state index contributed by atoms with van der Waals surface area (Å²) in [6.45, 7) is 7.58. The Morgan fingerprint density at radius 1 is 1.09 bits per heavy atom. The van der Waals surface area contributed by atoms with Gasteiger partial charge in [-0.1, -0.05) is 35.9 Å². The van der Waals surface area contributed by atoms with E-state index in [1.165, 1.54) is 0 Å². The molecule has 0 fully saturated rings. The highest BCUT2D eigenvalue weighted by Gasteiger charge is 2.18. The monoisotopic (exact) mass is 322 g/mol. The van der Waals surface area contributed by atoms with Gasteiger partial charge in [-0.25, -0.2) is 4.73 Å². The fraction of sp³-hybridized carbons (Fsp3) is 0.500. The van der Waals surface area contributed by atoms with Gasteiger partial charge >= 0.3 is 0 Å². The number of aromatic nitrogens is 1. The molecule has 0 aliphatic carbocycles. The van der Waals surface area contributed by atoms with Crippen LogP contribution in [0.25, 0.3) is 0 Å². The number of unbranched alkanes of at least 4 members (excludes halogenated alkanes) is 2. The number of allylic oxidation sites excluding steroid dienone is 4. The van der Waals surface area contributed by atoms with E-state index >= 15 is 0 Å². The molecule has 0 saturated carbocycles. The van der Waals surface area contributed by atoms with E-state index in [0.29, 0.717) is 16.5 Å². The topological polar surface area (TPSA) is 30.2 Å². The van der Waals surface area contributed by atoms with Crippen molar-refractivity contribution in [3.8, 4) is 0 Å². The third kappa shape index (κ3) is 6.10. The molecule has 0 aliphatic heterocycles. The van der Waals surface area contributed by atoms with E-state index < -0.39 is 0 Å². The molecule has 1 rings (SSSR count). The van der Waals surface area contributed by atoms with Gasteiger partial charge in [0.25, 0.3) is 5.82 Å². The Kier molecular flexibility index (Phi) is 8.68. The van der Waals surface area contributed by atoms with Crippen molar-refractivity contribution in [2.45, 2.75) is 46.5 Å². The van der Waals surface area contributed by atoms with Crippen LogP contribution in [0.2, 0.25) is 5.02 Å². The maximum atomic E-state index is 12.3. The van der Waals surface area contributed by atoms with E-state index in [1.54, 1.807) is 19.1 Å². The van der Waals surface area contributed by atoms with Crippen LogP contribution in [0.3, 0.4) is 0 Å². The molecular formula is C18H27ClN2O. The van der Waals surface area contributed by atoms with Crippen LogP contribution in [0, 0.1) is 12.1 Å². The van der Waals surface area contributed by atoms with Crippen molar-refractivity contribution in [1.82, 2.24) is 0 Å². The van der Waals surface area contributed by atoms with Gasteiger partial charge in [-0.3, -0.25) is 4.90 Å². The smallest absolute Gasteiger partial charge is 0.281 e. The number of anilines is 1. The van der Waals surface area contributed by atoms with E-state index in [1.807, 2.05) is 13.8 Å². The van der Waals surface area contributed by atoms with Crippen LogP contribution in [-0.4, -0.2) is 13.1 Å². The molecule has 22 heavy (non-hydrogen) atoms. The maximum absolute atomic E-state index is 12.3. The quantitative estimate of drug-likeness (QED) is 0.283. The van der Waals surface area contributed by atoms with Crippen molar-refractivity contribution in [2.75, 3.05) is 18.0 Å². The minimum atomic E-state index is 0.617. The van der Waals surface area contributed by atoms with Gasteiger partial charge < -0.3 is 5.21 Å². The molecule has 0 aliphatic rings. The number of aryl methyl sites for hydroxylation is 1. The molecule has 0 atom stereocenters. The minimum Gasteiger partial charge on any atom is -0.710 e. The second-order valence-electron chi connectivity index (χ2n) is 5.38. The van der Waals surface area contributed by atoms with E-state index in [0.717, 1.165) is 43.5 Å². The maximum Gasteiger partial charge on any atom is 0.281 e. The second kappa shape index (κ2) is 10.3. The summed E-state index contributed by atoms with van der Waals surface area (Å²) in [7, 11) is 0. The second-order valence-corrected chi connectivity index (χ2v) is 5.81. The molecule has 1 aromatic rings. The molecule has 0 radical (unpaired) electrons. The normalized spacial score (nSPS) is 11.6. The zero-order chi connectivity index (χ0) is 16.4. The van der Waals surface area contributed by atoms with Crippen LogP contribution in [0.15, 0.2) is 36.4 Å². The van der Waals surface area contributed by atoms with Gasteiger partial charge in [0.1, 0.15) is 5.69 Å². The Balaban J connectivity index is 2.83. The molecule has 4 heteroatoms. The lowest BCUT2D eigenvalue weighted by atomic mass is 10.2. The van der Waals surface area contributed by atoms with Gasteiger partial charge in [0.15, 0.2) is 0 Å². The van der Waals surface area contributed by atoms with Crippen LogP contribution < -0.4 is 9.63 Å². The zero-order valence-corrected chi connectivity index (χ0v) is 14.6. The molecule has 1 heterocycles. The Labute approximate surface area is 139 Å². The fourth-order valence-electron chi connectivity index (χ4n) is 2.36. The van der Waals surface area contributed by atoms with Crippen molar-refractivity contribution in [2.24, 2.45) is 0 Å². The Hall–Kier alpha value is -1.48. The number of pyridine rings is 1. The lowest BCUT2D eigenvalue weighted by Crippen LogP contribution is -2.41. The fourth-order valence-corrected chi connectivity index (χ4v) is 2.61. The van der Waals surface area contributed by atoms with Crippen molar-refractivity contribution in [3.05, 3.63) is 52.4 Å². The first-order valence-electron chi connectivity index (χ1n) is 7.97. The summed E-state index contributed by atoms with van der Waals surface area (Å²) in [5.74, 6) is 0.658. The molecule has 0 N–H and O–H groups in total. The molecule has 122 valence electrons. The van der Waals surface area contributed by atoms with E-state index in [9.17, 15) is 5.21 Å².